The first kappa shape index (κ1) is 20.8. The van der Waals surface area contributed by atoms with Crippen LogP contribution in [0.15, 0.2) is 53.6 Å². The van der Waals surface area contributed by atoms with Gasteiger partial charge in [0.1, 0.15) is 17.3 Å². The summed E-state index contributed by atoms with van der Waals surface area (Å²) >= 11 is 0. The van der Waals surface area contributed by atoms with Crippen LogP contribution < -0.4 is 4.74 Å². The topological polar surface area (TPSA) is 63.6 Å². The van der Waals surface area contributed by atoms with Gasteiger partial charge in [-0.05, 0) is 37.3 Å². The minimum Gasteiger partial charge on any atom is -0.509 e. The van der Waals surface area contributed by atoms with Crippen LogP contribution in [-0.2, 0) is 16.0 Å². The molecular formula is C18H16F4O4S. The minimum atomic E-state index is -4.68. The molecule has 1 atom stereocenters. The molecule has 9 heteroatoms. The Balaban J connectivity index is 2.66. The van der Waals surface area contributed by atoms with Gasteiger partial charge in [0.25, 0.3) is 0 Å². The Labute approximate surface area is 153 Å². The van der Waals surface area contributed by atoms with E-state index in [1.165, 1.54) is 6.92 Å². The molecule has 2 rings (SSSR count). The van der Waals surface area contributed by atoms with Crippen molar-refractivity contribution in [3.63, 3.8) is 0 Å². The number of halogens is 4. The van der Waals surface area contributed by atoms with Gasteiger partial charge in [0, 0.05) is 17.4 Å². The van der Waals surface area contributed by atoms with Crippen molar-refractivity contribution in [1.82, 2.24) is 0 Å². The highest BCUT2D eigenvalue weighted by molar-refractivity contribution is 7.90. The molecule has 0 amide bonds. The van der Waals surface area contributed by atoms with E-state index >= 15 is 0 Å². The second-order valence-corrected chi connectivity index (χ2v) is 7.89. The molecule has 2 aromatic carbocycles. The van der Waals surface area contributed by atoms with Crippen LogP contribution in [0.4, 0.5) is 17.6 Å². The molecule has 0 saturated carbocycles. The van der Waals surface area contributed by atoms with Gasteiger partial charge in [-0.2, -0.15) is 13.2 Å². The van der Waals surface area contributed by atoms with E-state index in [4.69, 9.17) is 4.74 Å². The van der Waals surface area contributed by atoms with E-state index in [0.29, 0.717) is 6.07 Å². The van der Waals surface area contributed by atoms with E-state index in [9.17, 15) is 31.1 Å². The quantitative estimate of drug-likeness (QED) is 0.577. The second-order valence-electron chi connectivity index (χ2n) is 5.87. The number of benzene rings is 2. The summed E-state index contributed by atoms with van der Waals surface area (Å²) < 4.78 is 82.1. The highest BCUT2D eigenvalue weighted by atomic mass is 32.2. The molecule has 0 saturated heterocycles. The summed E-state index contributed by atoms with van der Waals surface area (Å²) in [6.45, 7) is 4.69. The first-order valence-electron chi connectivity index (χ1n) is 7.56. The molecule has 1 unspecified atom stereocenters. The molecule has 0 radical (unpaired) electrons. The number of aliphatic hydroxyl groups excluding tert-OH is 1. The maximum atomic E-state index is 14.5. The lowest BCUT2D eigenvalue weighted by Crippen LogP contribution is -2.15. The van der Waals surface area contributed by atoms with Crippen LogP contribution in [0.5, 0.6) is 5.75 Å². The highest BCUT2D eigenvalue weighted by Crippen LogP contribution is 2.39. The number of sulfone groups is 1. The third-order valence-corrected chi connectivity index (χ3v) is 4.85. The summed E-state index contributed by atoms with van der Waals surface area (Å²) in [5.74, 6) is -1.52. The van der Waals surface area contributed by atoms with Crippen LogP contribution in [0.3, 0.4) is 0 Å². The van der Waals surface area contributed by atoms with Crippen LogP contribution in [-0.4, -0.2) is 25.9 Å². The van der Waals surface area contributed by atoms with Gasteiger partial charge in [-0.25, -0.2) is 12.8 Å². The number of ether oxygens (including phenoxy) is 1. The van der Waals surface area contributed by atoms with Gasteiger partial charge in [-0.1, -0.05) is 12.6 Å². The maximum Gasteiger partial charge on any atom is 0.416 e. The molecule has 0 aliphatic rings. The van der Waals surface area contributed by atoms with E-state index < -0.39 is 33.5 Å². The largest absolute Gasteiger partial charge is 0.509 e. The van der Waals surface area contributed by atoms with Crippen molar-refractivity contribution in [3.8, 4) is 16.9 Å². The smallest absolute Gasteiger partial charge is 0.416 e. The molecule has 27 heavy (non-hydrogen) atoms. The Bertz CT molecular complexity index is 981. The predicted molar refractivity (Wildman–Crippen MR) is 91.8 cm³/mol. The fraction of sp³-hybridized carbons (Fsp3) is 0.222. The number of hydrogen-bond donors (Lipinski definition) is 1. The van der Waals surface area contributed by atoms with Gasteiger partial charge in [-0.15, -0.1) is 0 Å². The average molecular weight is 404 g/mol. The molecule has 146 valence electrons. The van der Waals surface area contributed by atoms with Gasteiger partial charge in [0.05, 0.1) is 10.5 Å². The summed E-state index contributed by atoms with van der Waals surface area (Å²) in [5.41, 5.74) is -1.55. The van der Waals surface area contributed by atoms with E-state index in [2.05, 4.69) is 6.58 Å². The summed E-state index contributed by atoms with van der Waals surface area (Å²) in [7, 11) is -3.69. The molecule has 0 aromatic heterocycles. The Morgan fingerprint density at radius 1 is 1.15 bits per heavy atom. The van der Waals surface area contributed by atoms with Gasteiger partial charge >= 0.3 is 6.18 Å². The summed E-state index contributed by atoms with van der Waals surface area (Å²) in [4.78, 5) is -0.310. The SMILES string of the molecule is C=C(O)C(C)Oc1ccc(C(F)(F)F)cc1-c1ccc(S(C)(=O)=O)cc1F. The van der Waals surface area contributed by atoms with Crippen LogP contribution in [0, 0.1) is 5.82 Å². The molecule has 2 aromatic rings. The Kier molecular flexibility index (Phi) is 5.55. The van der Waals surface area contributed by atoms with Crippen molar-refractivity contribution in [2.24, 2.45) is 0 Å². The van der Waals surface area contributed by atoms with Crippen LogP contribution in [0.2, 0.25) is 0 Å². The maximum absolute atomic E-state index is 14.5. The van der Waals surface area contributed by atoms with E-state index in [-0.39, 0.29) is 27.5 Å². The fourth-order valence-corrected chi connectivity index (χ4v) is 2.86. The molecule has 0 aliphatic heterocycles. The zero-order chi connectivity index (χ0) is 20.6. The van der Waals surface area contributed by atoms with Crippen molar-refractivity contribution in [3.05, 3.63) is 60.1 Å². The van der Waals surface area contributed by atoms with Gasteiger partial charge in [0.2, 0.25) is 0 Å². The lowest BCUT2D eigenvalue weighted by atomic mass is 10.0. The zero-order valence-corrected chi connectivity index (χ0v) is 15.2. The third kappa shape index (κ3) is 4.79. The molecule has 0 heterocycles. The van der Waals surface area contributed by atoms with Crippen molar-refractivity contribution < 1.29 is 35.8 Å². The minimum absolute atomic E-state index is 0.128. The Morgan fingerprint density at radius 2 is 1.78 bits per heavy atom. The number of alkyl halides is 3. The lowest BCUT2D eigenvalue weighted by Gasteiger charge is -2.19. The molecule has 4 nitrogen and oxygen atoms in total. The van der Waals surface area contributed by atoms with Crippen LogP contribution in [0.1, 0.15) is 12.5 Å². The summed E-state index contributed by atoms with van der Waals surface area (Å²) in [5, 5.41) is 9.37. The fourth-order valence-electron chi connectivity index (χ4n) is 2.22. The second kappa shape index (κ2) is 7.22. The Morgan fingerprint density at radius 3 is 2.26 bits per heavy atom. The van der Waals surface area contributed by atoms with E-state index in [1.807, 2.05) is 0 Å². The van der Waals surface area contributed by atoms with Crippen LogP contribution >= 0.6 is 0 Å². The summed E-state index contributed by atoms with van der Waals surface area (Å²) in [6.07, 6.45) is -4.75. The number of rotatable bonds is 5. The van der Waals surface area contributed by atoms with E-state index in [1.54, 1.807) is 0 Å². The molecule has 0 aliphatic carbocycles. The van der Waals surface area contributed by atoms with Gasteiger partial charge in [-0.3, -0.25) is 0 Å². The monoisotopic (exact) mass is 404 g/mol. The van der Waals surface area contributed by atoms with Crippen molar-refractivity contribution in [1.29, 1.82) is 0 Å². The normalized spacial score (nSPS) is 13.3. The van der Waals surface area contributed by atoms with Gasteiger partial charge in [0.15, 0.2) is 15.9 Å². The van der Waals surface area contributed by atoms with Gasteiger partial charge < -0.3 is 9.84 Å². The lowest BCUT2D eigenvalue weighted by molar-refractivity contribution is -0.137. The third-order valence-electron chi connectivity index (χ3n) is 3.74. The molecule has 0 bridgehead atoms. The Hall–Kier alpha value is -2.55. The zero-order valence-electron chi connectivity index (χ0n) is 14.3. The molecule has 0 fully saturated rings. The van der Waals surface area contributed by atoms with Crippen molar-refractivity contribution >= 4 is 9.84 Å². The van der Waals surface area contributed by atoms with E-state index in [0.717, 1.165) is 36.6 Å². The first-order chi connectivity index (χ1) is 12.3. The van der Waals surface area contributed by atoms with Crippen molar-refractivity contribution in [2.75, 3.05) is 6.26 Å². The standard InChI is InChI=1S/C18H16F4O4S/c1-10(23)11(2)26-17-7-4-12(18(20,21)22)8-15(17)14-6-5-13(9-16(14)19)27(3,24)25/h4-9,11,23H,1H2,2-3H3. The number of aliphatic hydroxyl groups is 1. The average Bonchev–Trinajstić information content (AvgIpc) is 2.53. The number of hydrogen-bond acceptors (Lipinski definition) is 4. The predicted octanol–water partition coefficient (Wildman–Crippen LogP) is 4.75. The molecule has 1 N–H and O–H groups in total. The molecular weight excluding hydrogens is 388 g/mol. The first-order valence-corrected chi connectivity index (χ1v) is 9.45. The van der Waals surface area contributed by atoms with Crippen molar-refractivity contribution in [2.45, 2.75) is 24.1 Å². The summed E-state index contributed by atoms with van der Waals surface area (Å²) in [6, 6.07) is 5.33. The molecule has 0 spiro atoms. The van der Waals surface area contributed by atoms with Crippen LogP contribution in [0.25, 0.3) is 11.1 Å². The highest BCUT2D eigenvalue weighted by Gasteiger charge is 2.32.